The number of carbonyl (C=O) groups is 3. The Morgan fingerprint density at radius 3 is 2.15 bits per heavy atom. The van der Waals surface area contributed by atoms with Crippen LogP contribution in [0.4, 0.5) is 0 Å². The number of ether oxygens (including phenoxy) is 1. The van der Waals surface area contributed by atoms with Crippen LogP contribution in [0, 0.1) is 0 Å². The molecular formula is C22H42N4O8. The molecule has 12 nitrogen and oxygen atoms in total. The molecule has 1 unspecified atom stereocenters. The molecule has 0 bridgehead atoms. The van der Waals surface area contributed by atoms with Crippen LogP contribution in [0.1, 0.15) is 39.5 Å². The number of hydrogen-bond acceptors (Lipinski definition) is 11. The molecule has 1 aliphatic rings. The van der Waals surface area contributed by atoms with E-state index in [0.29, 0.717) is 45.4 Å². The van der Waals surface area contributed by atoms with E-state index in [4.69, 9.17) is 4.74 Å². The first kappa shape index (κ1) is 30.5. The molecule has 198 valence electrons. The average Bonchev–Trinajstić information content (AvgIpc) is 2.80. The van der Waals surface area contributed by atoms with Crippen LogP contribution >= 0.6 is 0 Å². The zero-order chi connectivity index (χ0) is 25.5. The highest BCUT2D eigenvalue weighted by Gasteiger charge is 2.42. The second-order valence-corrected chi connectivity index (χ2v) is 8.51. The molecule has 1 fully saturated rings. The van der Waals surface area contributed by atoms with Crippen molar-refractivity contribution in [2.75, 3.05) is 52.4 Å². The molecular weight excluding hydrogens is 448 g/mol. The highest BCUT2D eigenvalue weighted by molar-refractivity contribution is 5.83. The Bertz CT molecular complexity index is 624. The molecule has 1 rings (SSSR count). The molecule has 0 saturated carbocycles. The van der Waals surface area contributed by atoms with Gasteiger partial charge in [0.1, 0.15) is 36.0 Å². The number of ketones is 2. The van der Waals surface area contributed by atoms with Crippen LogP contribution in [0.15, 0.2) is 0 Å². The van der Waals surface area contributed by atoms with E-state index in [0.717, 1.165) is 13.0 Å². The van der Waals surface area contributed by atoms with Crippen LogP contribution in [0.3, 0.4) is 0 Å². The molecule has 0 spiro atoms. The van der Waals surface area contributed by atoms with Gasteiger partial charge < -0.3 is 41.1 Å². The second-order valence-electron chi connectivity index (χ2n) is 8.51. The summed E-state index contributed by atoms with van der Waals surface area (Å²) in [5, 5.41) is 47.4. The van der Waals surface area contributed by atoms with Gasteiger partial charge in [-0.15, -0.1) is 0 Å². The molecule has 12 heteroatoms. The van der Waals surface area contributed by atoms with Crippen molar-refractivity contribution in [1.82, 2.24) is 20.9 Å². The SMILES string of the molecule is CCCN(CCNCC(=O)CCCC(=O)CNCC)CC(=O)NC[C@H]1OC(O)[C@H](O)[C@@H](O)[C@@H]1O. The van der Waals surface area contributed by atoms with Crippen molar-refractivity contribution in [3.63, 3.8) is 0 Å². The number of aliphatic hydroxyl groups is 4. The van der Waals surface area contributed by atoms with E-state index in [9.17, 15) is 34.8 Å². The number of hydrogen-bond donors (Lipinski definition) is 7. The van der Waals surface area contributed by atoms with Crippen LogP contribution in [0.25, 0.3) is 0 Å². The third-order valence-corrected chi connectivity index (χ3v) is 5.50. The summed E-state index contributed by atoms with van der Waals surface area (Å²) in [6.07, 6.45) is -5.24. The molecule has 0 aliphatic carbocycles. The van der Waals surface area contributed by atoms with E-state index in [-0.39, 0.29) is 37.1 Å². The topological polar surface area (TPSA) is 181 Å². The Kier molecular flexibility index (Phi) is 15.3. The van der Waals surface area contributed by atoms with Crippen LogP contribution in [0.5, 0.6) is 0 Å². The van der Waals surface area contributed by atoms with Gasteiger partial charge in [-0.25, -0.2) is 0 Å². The van der Waals surface area contributed by atoms with Crippen molar-refractivity contribution in [2.24, 2.45) is 0 Å². The van der Waals surface area contributed by atoms with Crippen LogP contribution in [-0.4, -0.2) is 126 Å². The summed E-state index contributed by atoms with van der Waals surface area (Å²) in [5.74, 6) is -0.181. The predicted octanol–water partition coefficient (Wildman–Crippen LogP) is -2.88. The summed E-state index contributed by atoms with van der Waals surface area (Å²) < 4.78 is 5.05. The predicted molar refractivity (Wildman–Crippen MR) is 124 cm³/mol. The molecule has 0 aromatic carbocycles. The third kappa shape index (κ3) is 11.8. The molecule has 5 atom stereocenters. The Morgan fingerprint density at radius 1 is 0.882 bits per heavy atom. The summed E-state index contributed by atoms with van der Waals surface area (Å²) in [4.78, 5) is 37.8. The number of amides is 1. The van der Waals surface area contributed by atoms with Gasteiger partial charge in [0.15, 0.2) is 6.29 Å². The second kappa shape index (κ2) is 17.0. The smallest absolute Gasteiger partial charge is 0.234 e. The van der Waals surface area contributed by atoms with Gasteiger partial charge in [-0.2, -0.15) is 0 Å². The lowest BCUT2D eigenvalue weighted by atomic mass is 9.99. The molecule has 1 heterocycles. The molecule has 0 radical (unpaired) electrons. The Labute approximate surface area is 201 Å². The van der Waals surface area contributed by atoms with Gasteiger partial charge in [0.2, 0.25) is 5.91 Å². The van der Waals surface area contributed by atoms with Gasteiger partial charge in [-0.3, -0.25) is 19.3 Å². The van der Waals surface area contributed by atoms with Crippen LogP contribution in [0.2, 0.25) is 0 Å². The van der Waals surface area contributed by atoms with E-state index < -0.39 is 30.7 Å². The maximum Gasteiger partial charge on any atom is 0.234 e. The molecule has 1 aliphatic heterocycles. The Morgan fingerprint density at radius 2 is 1.53 bits per heavy atom. The first-order valence-corrected chi connectivity index (χ1v) is 12.0. The van der Waals surface area contributed by atoms with E-state index in [1.807, 2.05) is 18.7 Å². The molecule has 1 amide bonds. The van der Waals surface area contributed by atoms with Gasteiger partial charge in [0.05, 0.1) is 19.6 Å². The number of aliphatic hydroxyl groups excluding tert-OH is 4. The lowest BCUT2D eigenvalue weighted by molar-refractivity contribution is -0.280. The maximum atomic E-state index is 12.3. The maximum absolute atomic E-state index is 12.3. The molecule has 0 aromatic heterocycles. The number of rotatable bonds is 18. The van der Waals surface area contributed by atoms with E-state index in [1.54, 1.807) is 0 Å². The molecule has 34 heavy (non-hydrogen) atoms. The number of nitrogens with zero attached hydrogens (tertiary/aromatic N) is 1. The highest BCUT2D eigenvalue weighted by Crippen LogP contribution is 2.19. The summed E-state index contributed by atoms with van der Waals surface area (Å²) in [7, 11) is 0. The molecule has 1 saturated heterocycles. The zero-order valence-electron chi connectivity index (χ0n) is 20.2. The summed E-state index contributed by atoms with van der Waals surface area (Å²) in [6.45, 7) is 6.88. The van der Waals surface area contributed by atoms with E-state index in [1.165, 1.54) is 0 Å². The van der Waals surface area contributed by atoms with Crippen molar-refractivity contribution in [2.45, 2.75) is 70.2 Å². The molecule has 0 aromatic rings. The van der Waals surface area contributed by atoms with Crippen molar-refractivity contribution in [3.05, 3.63) is 0 Å². The van der Waals surface area contributed by atoms with E-state index >= 15 is 0 Å². The van der Waals surface area contributed by atoms with Gasteiger partial charge >= 0.3 is 0 Å². The van der Waals surface area contributed by atoms with Crippen LogP contribution in [-0.2, 0) is 19.1 Å². The first-order valence-electron chi connectivity index (χ1n) is 12.0. The Hall–Kier alpha value is -1.51. The third-order valence-electron chi connectivity index (χ3n) is 5.50. The first-order chi connectivity index (χ1) is 16.2. The van der Waals surface area contributed by atoms with Crippen molar-refractivity contribution in [3.8, 4) is 0 Å². The van der Waals surface area contributed by atoms with Gasteiger partial charge in [-0.1, -0.05) is 13.8 Å². The van der Waals surface area contributed by atoms with E-state index in [2.05, 4.69) is 16.0 Å². The fraction of sp³-hybridized carbons (Fsp3) is 0.864. The number of likely N-dealkylation sites (N-methyl/N-ethyl adjacent to an activating group) is 1. The van der Waals surface area contributed by atoms with Gasteiger partial charge in [0.25, 0.3) is 0 Å². The number of carbonyl (C=O) groups excluding carboxylic acids is 3. The van der Waals surface area contributed by atoms with Crippen molar-refractivity contribution < 1.29 is 39.5 Å². The van der Waals surface area contributed by atoms with Crippen molar-refractivity contribution in [1.29, 1.82) is 0 Å². The molecule has 7 N–H and O–H groups in total. The monoisotopic (exact) mass is 490 g/mol. The fourth-order valence-corrected chi connectivity index (χ4v) is 3.55. The largest absolute Gasteiger partial charge is 0.388 e. The average molecular weight is 491 g/mol. The summed E-state index contributed by atoms with van der Waals surface area (Å²) in [6, 6.07) is 0. The fourth-order valence-electron chi connectivity index (χ4n) is 3.55. The minimum Gasteiger partial charge on any atom is -0.388 e. The normalized spacial score (nSPS) is 24.9. The van der Waals surface area contributed by atoms with Gasteiger partial charge in [0, 0.05) is 32.5 Å². The Balaban J connectivity index is 2.26. The highest BCUT2D eigenvalue weighted by atomic mass is 16.6. The standard InChI is InChI=1S/C22H42N4O8/c1-3-9-26(10-8-24-12-16(28)7-5-6-15(27)11-23-4-2)14-18(29)25-13-17-19(30)20(31)21(32)22(33)34-17/h17,19-24,30-33H,3-14H2,1-2H3,(H,25,29)/t17-,19-,20+,21-,22?/m1/s1. The number of Topliss-reactive ketones (excluding diaryl/α,β-unsaturated/α-hetero) is 2. The summed E-state index contributed by atoms with van der Waals surface area (Å²) in [5.41, 5.74) is 0. The van der Waals surface area contributed by atoms with Crippen molar-refractivity contribution >= 4 is 17.5 Å². The van der Waals surface area contributed by atoms with Gasteiger partial charge in [-0.05, 0) is 25.9 Å². The summed E-state index contributed by atoms with van der Waals surface area (Å²) >= 11 is 0. The zero-order valence-corrected chi connectivity index (χ0v) is 20.2. The minimum absolute atomic E-state index is 0.0385. The minimum atomic E-state index is -1.65. The quantitative estimate of drug-likeness (QED) is 0.0981. The lowest BCUT2D eigenvalue weighted by Crippen LogP contribution is -2.60. The lowest BCUT2D eigenvalue weighted by Gasteiger charge is -2.38. The number of nitrogens with one attached hydrogen (secondary N) is 3. The van der Waals surface area contributed by atoms with Crippen LogP contribution < -0.4 is 16.0 Å².